The van der Waals surface area contributed by atoms with E-state index in [1.54, 1.807) is 6.07 Å². The molecule has 0 amide bonds. The number of rotatable bonds is 0. The number of hydrogen-bond acceptors (Lipinski definition) is 2. The van der Waals surface area contributed by atoms with Crippen molar-refractivity contribution in [2.45, 2.75) is 0 Å². The van der Waals surface area contributed by atoms with Crippen LogP contribution in [0.15, 0.2) is 42.2 Å². The fraction of sp³-hybridized carbons (Fsp3) is 0. The van der Waals surface area contributed by atoms with Crippen molar-refractivity contribution in [2.24, 2.45) is 0 Å². The number of benzene rings is 2. The smallest absolute Gasteiger partial charge is 0.229 e. The second-order valence-electron chi connectivity index (χ2n) is 3.70. The predicted molar refractivity (Wildman–Crippen MR) is 71.8 cm³/mol. The van der Waals surface area contributed by atoms with Crippen molar-refractivity contribution in [3.8, 4) is 0 Å². The Morgan fingerprint density at radius 1 is 1.00 bits per heavy atom. The van der Waals surface area contributed by atoms with Crippen LogP contribution in [0.5, 0.6) is 0 Å². The molecule has 0 unspecified atom stereocenters. The lowest BCUT2D eigenvalue weighted by molar-refractivity contribution is 0.0981. The first-order valence-electron chi connectivity index (χ1n) is 4.85. The van der Waals surface area contributed by atoms with Crippen LogP contribution in [0, 0.1) is 0 Å². The Morgan fingerprint density at radius 3 is 2.31 bits per heavy atom. The van der Waals surface area contributed by atoms with Gasteiger partial charge in [0, 0.05) is 16.5 Å². The van der Waals surface area contributed by atoms with Crippen LogP contribution < -0.4 is 0 Å². The van der Waals surface area contributed by atoms with E-state index in [4.69, 9.17) is 0 Å². The minimum atomic E-state index is -0.284. The molecular weight excluding hydrogens is 315 g/mol. The Morgan fingerprint density at radius 2 is 1.62 bits per heavy atom. The summed E-state index contributed by atoms with van der Waals surface area (Å²) < 4.78 is 0.631. The lowest BCUT2D eigenvalue weighted by Crippen LogP contribution is -2.10. The molecule has 3 heteroatoms. The van der Waals surface area contributed by atoms with Gasteiger partial charge in [0.2, 0.25) is 5.78 Å². The molecular formula is C13H7IO2. The lowest BCUT2D eigenvalue weighted by atomic mass is 9.91. The van der Waals surface area contributed by atoms with Crippen molar-refractivity contribution in [3.63, 3.8) is 0 Å². The van der Waals surface area contributed by atoms with E-state index < -0.39 is 0 Å². The summed E-state index contributed by atoms with van der Waals surface area (Å²) in [6.07, 6.45) is 0. The zero-order chi connectivity index (χ0) is 11.3. The number of Topliss-reactive ketones (excluding diaryl/α,β-unsaturated/α-hetero) is 1. The van der Waals surface area contributed by atoms with E-state index >= 15 is 0 Å². The van der Waals surface area contributed by atoms with Crippen LogP contribution in [0.25, 0.3) is 14.4 Å². The molecule has 0 radical (unpaired) electrons. The van der Waals surface area contributed by atoms with Gasteiger partial charge in [-0.3, -0.25) is 4.79 Å². The molecule has 0 saturated carbocycles. The quantitative estimate of drug-likeness (QED) is 0.751. The van der Waals surface area contributed by atoms with Gasteiger partial charge in [-0.05, 0) is 28.0 Å². The van der Waals surface area contributed by atoms with Crippen molar-refractivity contribution in [1.29, 1.82) is 0 Å². The third-order valence-corrected chi connectivity index (χ3v) is 3.90. The van der Waals surface area contributed by atoms with Crippen LogP contribution in [0.3, 0.4) is 0 Å². The fourth-order valence-electron chi connectivity index (χ4n) is 2.07. The number of ketones is 1. The zero-order valence-electron chi connectivity index (χ0n) is 8.20. The van der Waals surface area contributed by atoms with Gasteiger partial charge in [-0.2, -0.15) is 0 Å². The van der Waals surface area contributed by atoms with Gasteiger partial charge >= 0.3 is 0 Å². The summed E-state index contributed by atoms with van der Waals surface area (Å²) in [5, 5.41) is 11.7. The molecule has 0 aliphatic heterocycles. The standard InChI is InChI=1S/C13H7IO2/c14-11-8-5-1-3-7-4-2-6-9(10(7)8)12(15)13(11)16/h1-6,16H. The topological polar surface area (TPSA) is 37.3 Å². The molecule has 0 fully saturated rings. The largest absolute Gasteiger partial charge is 0.503 e. The highest BCUT2D eigenvalue weighted by molar-refractivity contribution is 14.1. The van der Waals surface area contributed by atoms with E-state index in [9.17, 15) is 9.90 Å². The molecule has 2 aromatic rings. The predicted octanol–water partition coefficient (Wildman–Crippen LogP) is 3.70. The first kappa shape index (κ1) is 9.84. The Balaban J connectivity index is 2.57. The second kappa shape index (κ2) is 3.31. The summed E-state index contributed by atoms with van der Waals surface area (Å²) in [4.78, 5) is 11.9. The molecule has 78 valence electrons. The molecule has 0 spiro atoms. The van der Waals surface area contributed by atoms with Gasteiger partial charge in [0.25, 0.3) is 0 Å². The monoisotopic (exact) mass is 322 g/mol. The number of aliphatic hydroxyl groups excluding tert-OH is 1. The van der Waals surface area contributed by atoms with Gasteiger partial charge in [-0.25, -0.2) is 0 Å². The van der Waals surface area contributed by atoms with Gasteiger partial charge in [0.15, 0.2) is 5.76 Å². The summed E-state index contributed by atoms with van der Waals surface area (Å²) in [6, 6.07) is 11.4. The minimum Gasteiger partial charge on any atom is -0.503 e. The number of aliphatic hydroxyl groups is 1. The summed E-state index contributed by atoms with van der Waals surface area (Å²) in [5.74, 6) is -0.430. The van der Waals surface area contributed by atoms with Crippen molar-refractivity contribution < 1.29 is 9.90 Å². The average Bonchev–Trinajstić information content (AvgIpc) is 2.33. The summed E-state index contributed by atoms with van der Waals surface area (Å²) in [7, 11) is 0. The molecule has 0 atom stereocenters. The van der Waals surface area contributed by atoms with E-state index in [0.29, 0.717) is 9.14 Å². The number of carbonyl (C=O) groups is 1. The summed E-state index contributed by atoms with van der Waals surface area (Å²) in [6.45, 7) is 0. The van der Waals surface area contributed by atoms with Gasteiger partial charge in [0.05, 0.1) is 3.58 Å². The van der Waals surface area contributed by atoms with Gasteiger partial charge in [-0.15, -0.1) is 0 Å². The first-order chi connectivity index (χ1) is 7.70. The van der Waals surface area contributed by atoms with Gasteiger partial charge in [0.1, 0.15) is 0 Å². The molecule has 1 aliphatic carbocycles. The zero-order valence-corrected chi connectivity index (χ0v) is 10.4. The number of hydrogen-bond donors (Lipinski definition) is 1. The molecule has 0 saturated heterocycles. The minimum absolute atomic E-state index is 0.146. The van der Waals surface area contributed by atoms with Gasteiger partial charge < -0.3 is 5.11 Å². The maximum Gasteiger partial charge on any atom is 0.229 e. The Labute approximate surface area is 106 Å². The maximum absolute atomic E-state index is 11.9. The SMILES string of the molecule is O=C1C(O)=C(I)c2cccc3cccc1c23. The van der Waals surface area contributed by atoms with Crippen LogP contribution in [0.1, 0.15) is 15.9 Å². The van der Waals surface area contributed by atoms with Crippen LogP contribution in [-0.4, -0.2) is 10.9 Å². The van der Waals surface area contributed by atoms with E-state index in [0.717, 1.165) is 16.3 Å². The van der Waals surface area contributed by atoms with E-state index in [-0.39, 0.29) is 11.5 Å². The molecule has 3 rings (SSSR count). The molecule has 0 bridgehead atoms. The normalized spacial score (nSPS) is 14.7. The molecule has 0 heterocycles. The molecule has 1 aliphatic rings. The maximum atomic E-state index is 11.9. The molecule has 2 aromatic carbocycles. The summed E-state index contributed by atoms with van der Waals surface area (Å²) >= 11 is 2.01. The molecule has 0 aromatic heterocycles. The molecule has 16 heavy (non-hydrogen) atoms. The second-order valence-corrected chi connectivity index (χ2v) is 4.78. The van der Waals surface area contributed by atoms with Crippen molar-refractivity contribution in [1.82, 2.24) is 0 Å². The number of carbonyl (C=O) groups excluding carboxylic acids is 1. The Kier molecular flexibility index (Phi) is 2.04. The van der Waals surface area contributed by atoms with Crippen molar-refractivity contribution in [2.75, 3.05) is 0 Å². The highest BCUT2D eigenvalue weighted by atomic mass is 127. The van der Waals surface area contributed by atoms with E-state index in [1.807, 2.05) is 52.9 Å². The van der Waals surface area contributed by atoms with E-state index in [1.165, 1.54) is 0 Å². The molecule has 1 N–H and O–H groups in total. The summed E-state index contributed by atoms with van der Waals surface area (Å²) in [5.41, 5.74) is 1.52. The average molecular weight is 322 g/mol. The van der Waals surface area contributed by atoms with Crippen molar-refractivity contribution >= 4 is 42.7 Å². The number of allylic oxidation sites excluding steroid dienone is 1. The Hall–Kier alpha value is -1.36. The highest BCUT2D eigenvalue weighted by Gasteiger charge is 2.25. The first-order valence-corrected chi connectivity index (χ1v) is 5.93. The van der Waals surface area contributed by atoms with Crippen LogP contribution in [0.4, 0.5) is 0 Å². The third-order valence-electron chi connectivity index (χ3n) is 2.81. The van der Waals surface area contributed by atoms with Gasteiger partial charge in [-0.1, -0.05) is 36.4 Å². The third kappa shape index (κ3) is 1.15. The fourth-order valence-corrected chi connectivity index (χ4v) is 2.76. The lowest BCUT2D eigenvalue weighted by Gasteiger charge is -2.16. The van der Waals surface area contributed by atoms with Crippen LogP contribution in [-0.2, 0) is 0 Å². The van der Waals surface area contributed by atoms with E-state index in [2.05, 4.69) is 0 Å². The molecule has 2 nitrogen and oxygen atoms in total. The Bertz CT molecular complexity index is 651. The highest BCUT2D eigenvalue weighted by Crippen LogP contribution is 2.38. The van der Waals surface area contributed by atoms with Crippen LogP contribution in [0.2, 0.25) is 0 Å². The van der Waals surface area contributed by atoms with Crippen molar-refractivity contribution in [3.05, 3.63) is 53.3 Å². The number of halogens is 1. The van der Waals surface area contributed by atoms with Crippen LogP contribution >= 0.6 is 22.6 Å².